The molecule has 0 aliphatic rings. The molecule has 1 heterocycles. The molecule has 1 atom stereocenters. The number of aryl methyl sites for hydroxylation is 2. The molecule has 0 aliphatic carbocycles. The maximum Gasteiger partial charge on any atom is 0.253 e. The first-order valence-electron chi connectivity index (χ1n) is 9.35. The molecular formula is C23H25N3O2. The van der Waals surface area contributed by atoms with Crippen molar-refractivity contribution in [3.63, 3.8) is 0 Å². The molecule has 0 spiro atoms. The lowest BCUT2D eigenvalue weighted by molar-refractivity contribution is 0.0761. The number of hydrogen-bond acceptors (Lipinski definition) is 4. The number of amides is 1. The van der Waals surface area contributed by atoms with Crippen molar-refractivity contribution in [1.29, 1.82) is 0 Å². The minimum Gasteiger partial charge on any atom is -0.388 e. The molecule has 2 aromatic carbocycles. The van der Waals surface area contributed by atoms with Crippen molar-refractivity contribution in [1.82, 2.24) is 14.9 Å². The van der Waals surface area contributed by atoms with E-state index in [1.165, 1.54) is 0 Å². The van der Waals surface area contributed by atoms with E-state index in [-0.39, 0.29) is 5.91 Å². The summed E-state index contributed by atoms with van der Waals surface area (Å²) >= 11 is 0. The topological polar surface area (TPSA) is 66.3 Å². The second-order valence-corrected chi connectivity index (χ2v) is 6.97. The highest BCUT2D eigenvalue weighted by Gasteiger charge is 2.16. The summed E-state index contributed by atoms with van der Waals surface area (Å²) in [5.74, 6) is -0.0830. The van der Waals surface area contributed by atoms with Crippen LogP contribution in [0, 0.1) is 13.8 Å². The molecule has 1 amide bonds. The predicted octanol–water partition coefficient (Wildman–Crippen LogP) is 3.96. The van der Waals surface area contributed by atoms with Crippen molar-refractivity contribution in [2.45, 2.75) is 26.4 Å². The Kier molecular flexibility index (Phi) is 6.16. The highest BCUT2D eigenvalue weighted by Crippen LogP contribution is 2.22. The Morgan fingerprint density at radius 3 is 2.61 bits per heavy atom. The highest BCUT2D eigenvalue weighted by molar-refractivity contribution is 5.95. The third-order valence-electron chi connectivity index (χ3n) is 4.73. The van der Waals surface area contributed by atoms with Gasteiger partial charge in [-0.25, -0.2) is 4.98 Å². The molecule has 5 heteroatoms. The molecule has 0 radical (unpaired) electrons. The van der Waals surface area contributed by atoms with Gasteiger partial charge in [0.2, 0.25) is 0 Å². The first kappa shape index (κ1) is 19.7. The van der Waals surface area contributed by atoms with E-state index in [2.05, 4.69) is 9.97 Å². The zero-order chi connectivity index (χ0) is 20.1. The van der Waals surface area contributed by atoms with Crippen LogP contribution in [0.15, 0.2) is 60.8 Å². The second kappa shape index (κ2) is 8.76. The summed E-state index contributed by atoms with van der Waals surface area (Å²) in [6.45, 7) is 4.27. The predicted molar refractivity (Wildman–Crippen MR) is 110 cm³/mol. The van der Waals surface area contributed by atoms with Crippen LogP contribution in [-0.4, -0.2) is 39.5 Å². The summed E-state index contributed by atoms with van der Waals surface area (Å²) in [7, 11) is 1.75. The van der Waals surface area contributed by atoms with Gasteiger partial charge in [0.1, 0.15) is 0 Å². The average molecular weight is 375 g/mol. The van der Waals surface area contributed by atoms with Crippen LogP contribution >= 0.6 is 0 Å². The molecule has 1 aromatic heterocycles. The molecule has 28 heavy (non-hydrogen) atoms. The van der Waals surface area contributed by atoms with E-state index in [1.807, 2.05) is 62.4 Å². The smallest absolute Gasteiger partial charge is 0.253 e. The number of rotatable bonds is 6. The van der Waals surface area contributed by atoms with Crippen molar-refractivity contribution in [3.8, 4) is 11.3 Å². The summed E-state index contributed by atoms with van der Waals surface area (Å²) in [5.41, 5.74) is 4.78. The van der Waals surface area contributed by atoms with E-state index in [0.29, 0.717) is 18.5 Å². The minimum atomic E-state index is -0.590. The third-order valence-corrected chi connectivity index (χ3v) is 4.73. The summed E-state index contributed by atoms with van der Waals surface area (Å²) in [5, 5.41) is 10.3. The van der Waals surface area contributed by atoms with Gasteiger partial charge in [0, 0.05) is 30.9 Å². The molecule has 5 nitrogen and oxygen atoms in total. The molecule has 0 bridgehead atoms. The molecular weight excluding hydrogens is 350 g/mol. The maximum atomic E-state index is 12.8. The zero-order valence-corrected chi connectivity index (χ0v) is 16.5. The second-order valence-electron chi connectivity index (χ2n) is 6.97. The Morgan fingerprint density at radius 1 is 1.11 bits per heavy atom. The summed E-state index contributed by atoms with van der Waals surface area (Å²) in [4.78, 5) is 23.4. The van der Waals surface area contributed by atoms with Crippen LogP contribution in [-0.2, 0) is 0 Å². The van der Waals surface area contributed by atoms with Crippen LogP contribution < -0.4 is 0 Å². The number of carbonyl (C=O) groups is 1. The number of aliphatic hydroxyl groups excluding tert-OH is 1. The normalized spacial score (nSPS) is 11.9. The third kappa shape index (κ3) is 4.61. The van der Waals surface area contributed by atoms with Crippen LogP contribution in [0.3, 0.4) is 0 Å². The quantitative estimate of drug-likeness (QED) is 0.708. The van der Waals surface area contributed by atoms with E-state index < -0.39 is 6.10 Å². The van der Waals surface area contributed by atoms with Gasteiger partial charge in [-0.3, -0.25) is 9.78 Å². The van der Waals surface area contributed by atoms with Crippen LogP contribution in [0.25, 0.3) is 11.3 Å². The van der Waals surface area contributed by atoms with Crippen molar-refractivity contribution >= 4 is 5.91 Å². The van der Waals surface area contributed by atoms with Gasteiger partial charge in [-0.1, -0.05) is 42.5 Å². The van der Waals surface area contributed by atoms with Gasteiger partial charge in [-0.05, 0) is 38.0 Å². The first-order valence-corrected chi connectivity index (χ1v) is 9.35. The molecule has 144 valence electrons. The number of nitrogens with zero attached hydrogens (tertiary/aromatic N) is 3. The zero-order valence-electron chi connectivity index (χ0n) is 16.5. The van der Waals surface area contributed by atoms with Crippen LogP contribution in [0.4, 0.5) is 0 Å². The fourth-order valence-electron chi connectivity index (χ4n) is 3.09. The Labute approximate surface area is 165 Å². The molecule has 0 fully saturated rings. The van der Waals surface area contributed by atoms with Crippen molar-refractivity contribution in [2.75, 3.05) is 13.6 Å². The SMILES string of the molecule is Cc1cnc(C)c(-c2cccc(C(=O)N(C)CC[C@@H](O)c3ccccc3)c2)n1. The van der Waals surface area contributed by atoms with Gasteiger partial charge < -0.3 is 10.0 Å². The lowest BCUT2D eigenvalue weighted by Gasteiger charge is -2.20. The van der Waals surface area contributed by atoms with E-state index in [1.54, 1.807) is 24.2 Å². The van der Waals surface area contributed by atoms with Crippen LogP contribution in [0.1, 0.15) is 39.8 Å². The Balaban J connectivity index is 1.71. The Hall–Kier alpha value is -3.05. The molecule has 1 N–H and O–H groups in total. The monoisotopic (exact) mass is 375 g/mol. The van der Waals surface area contributed by atoms with Gasteiger partial charge in [-0.2, -0.15) is 0 Å². The number of aliphatic hydroxyl groups is 1. The maximum absolute atomic E-state index is 12.8. The van der Waals surface area contributed by atoms with Crippen LogP contribution in [0.5, 0.6) is 0 Å². The molecule has 0 unspecified atom stereocenters. The van der Waals surface area contributed by atoms with E-state index in [0.717, 1.165) is 28.2 Å². The number of carbonyl (C=O) groups excluding carboxylic acids is 1. The van der Waals surface area contributed by atoms with E-state index in [9.17, 15) is 9.90 Å². The van der Waals surface area contributed by atoms with Gasteiger partial charge in [-0.15, -0.1) is 0 Å². The number of aromatic nitrogens is 2. The molecule has 3 rings (SSSR count). The first-order chi connectivity index (χ1) is 13.5. The van der Waals surface area contributed by atoms with Gasteiger partial charge in [0.25, 0.3) is 5.91 Å². The lowest BCUT2D eigenvalue weighted by atomic mass is 10.0. The van der Waals surface area contributed by atoms with Crippen molar-refractivity contribution in [3.05, 3.63) is 83.3 Å². The van der Waals surface area contributed by atoms with Crippen LogP contribution in [0.2, 0.25) is 0 Å². The number of benzene rings is 2. The fourth-order valence-corrected chi connectivity index (χ4v) is 3.09. The molecule has 0 aliphatic heterocycles. The fraction of sp³-hybridized carbons (Fsp3) is 0.261. The Morgan fingerprint density at radius 2 is 1.86 bits per heavy atom. The molecule has 0 saturated heterocycles. The largest absolute Gasteiger partial charge is 0.388 e. The average Bonchev–Trinajstić information content (AvgIpc) is 2.73. The van der Waals surface area contributed by atoms with Crippen molar-refractivity contribution < 1.29 is 9.90 Å². The molecule has 0 saturated carbocycles. The van der Waals surface area contributed by atoms with E-state index in [4.69, 9.17) is 0 Å². The Bertz CT molecular complexity index is 957. The van der Waals surface area contributed by atoms with Crippen molar-refractivity contribution in [2.24, 2.45) is 0 Å². The van der Waals surface area contributed by atoms with E-state index >= 15 is 0 Å². The standard InChI is InChI=1S/C23H25N3O2/c1-16-15-24-17(2)22(25-16)19-10-7-11-20(14-19)23(28)26(3)13-12-21(27)18-8-5-4-6-9-18/h4-11,14-15,21,27H,12-13H2,1-3H3/t21-/m1/s1. The lowest BCUT2D eigenvalue weighted by Crippen LogP contribution is -2.28. The summed E-state index contributed by atoms with van der Waals surface area (Å²) in [6.07, 6.45) is 1.63. The van der Waals surface area contributed by atoms with Gasteiger partial charge in [0.05, 0.1) is 23.2 Å². The summed E-state index contributed by atoms with van der Waals surface area (Å²) in [6, 6.07) is 16.9. The minimum absolute atomic E-state index is 0.0830. The molecule has 3 aromatic rings. The van der Waals surface area contributed by atoms with Gasteiger partial charge >= 0.3 is 0 Å². The highest BCUT2D eigenvalue weighted by atomic mass is 16.3. The number of hydrogen-bond donors (Lipinski definition) is 1. The van der Waals surface area contributed by atoms with Gasteiger partial charge in [0.15, 0.2) is 0 Å². The summed E-state index contributed by atoms with van der Waals surface area (Å²) < 4.78 is 0.